The Kier molecular flexibility index (Phi) is 1.45. The molecule has 0 unspecified atom stereocenters. The number of aromatic hydroxyl groups is 1. The van der Waals surface area contributed by atoms with Crippen LogP contribution in [0.4, 0.5) is 0 Å². The third-order valence-electron chi connectivity index (χ3n) is 1.75. The summed E-state index contributed by atoms with van der Waals surface area (Å²) >= 11 is 0. The Bertz CT molecular complexity index is 475. The highest BCUT2D eigenvalue weighted by atomic mass is 16.4. The average Bonchev–Trinajstić information content (AvgIpc) is 2.48. The van der Waals surface area contributed by atoms with Crippen molar-refractivity contribution >= 4 is 11.5 Å². The van der Waals surface area contributed by atoms with Crippen LogP contribution in [0, 0.1) is 0 Å². The van der Waals surface area contributed by atoms with Crippen LogP contribution in [-0.2, 0) is 0 Å². The summed E-state index contributed by atoms with van der Waals surface area (Å²) in [5.74, 6) is -1.13. The molecule has 0 fully saturated rings. The van der Waals surface area contributed by atoms with Gasteiger partial charge in [0.1, 0.15) is 6.33 Å². The molecule has 0 aromatic carbocycles. The summed E-state index contributed by atoms with van der Waals surface area (Å²) in [5.41, 5.74) is 0.323. The van der Waals surface area contributed by atoms with E-state index >= 15 is 0 Å². The number of hydrogen-bond donors (Lipinski definition) is 2. The van der Waals surface area contributed by atoms with Gasteiger partial charge in [0.15, 0.2) is 11.6 Å². The maximum absolute atomic E-state index is 10.6. The van der Waals surface area contributed by atoms with Gasteiger partial charge in [0.05, 0.1) is 5.52 Å². The molecule has 5 nitrogen and oxygen atoms in total. The van der Waals surface area contributed by atoms with E-state index in [4.69, 9.17) is 5.11 Å². The van der Waals surface area contributed by atoms with E-state index in [1.165, 1.54) is 16.8 Å². The van der Waals surface area contributed by atoms with Crippen molar-refractivity contribution < 1.29 is 15.0 Å². The Morgan fingerprint density at radius 1 is 1.46 bits per heavy atom. The van der Waals surface area contributed by atoms with Crippen LogP contribution in [0.2, 0.25) is 0 Å². The predicted octanol–water partition coefficient (Wildman–Crippen LogP) is 0.738. The zero-order valence-electron chi connectivity index (χ0n) is 6.51. The lowest BCUT2D eigenvalue weighted by Gasteiger charge is -1.96. The molecule has 0 saturated heterocycles. The normalized spacial score (nSPS) is 10.5. The second-order valence-corrected chi connectivity index (χ2v) is 2.54. The quantitative estimate of drug-likeness (QED) is 0.675. The molecule has 0 saturated carbocycles. The number of carboxylic acids is 1. The molecule has 5 heteroatoms. The van der Waals surface area contributed by atoms with Gasteiger partial charge in [-0.25, -0.2) is 9.78 Å². The largest absolute Gasteiger partial charge is 0.494 e. The third-order valence-corrected chi connectivity index (χ3v) is 1.75. The minimum atomic E-state index is -1.10. The van der Waals surface area contributed by atoms with E-state index in [1.807, 2.05) is 0 Å². The van der Waals surface area contributed by atoms with Gasteiger partial charge in [-0.3, -0.25) is 4.40 Å². The van der Waals surface area contributed by atoms with Crippen molar-refractivity contribution in [2.24, 2.45) is 0 Å². The van der Waals surface area contributed by atoms with Crippen LogP contribution in [0.15, 0.2) is 24.5 Å². The standard InChI is InChI=1S/C8H6N2O3/c11-6-3-1-2-5-7(8(12)13)9-4-10(5)6/h1-4,11H,(H,12,13). The zero-order valence-corrected chi connectivity index (χ0v) is 6.51. The van der Waals surface area contributed by atoms with Crippen LogP contribution in [0.5, 0.6) is 5.88 Å². The minimum Gasteiger partial charge on any atom is -0.494 e. The Morgan fingerprint density at radius 3 is 2.92 bits per heavy atom. The van der Waals surface area contributed by atoms with E-state index < -0.39 is 5.97 Å². The van der Waals surface area contributed by atoms with Crippen molar-refractivity contribution in [3.63, 3.8) is 0 Å². The van der Waals surface area contributed by atoms with Crippen molar-refractivity contribution in [2.45, 2.75) is 0 Å². The maximum atomic E-state index is 10.6. The van der Waals surface area contributed by atoms with E-state index in [1.54, 1.807) is 12.1 Å². The first-order valence-electron chi connectivity index (χ1n) is 3.58. The van der Waals surface area contributed by atoms with Crippen LogP contribution in [0.25, 0.3) is 5.52 Å². The number of nitrogens with zero attached hydrogens (tertiary/aromatic N) is 2. The summed E-state index contributed by atoms with van der Waals surface area (Å²) in [5, 5.41) is 18.0. The molecule has 66 valence electrons. The zero-order chi connectivity index (χ0) is 9.42. The number of hydrogen-bond acceptors (Lipinski definition) is 3. The molecule has 2 N–H and O–H groups in total. The highest BCUT2D eigenvalue weighted by Crippen LogP contribution is 2.15. The molecule has 0 aliphatic heterocycles. The van der Waals surface area contributed by atoms with Gasteiger partial charge in [-0.05, 0) is 12.1 Å². The Labute approximate surface area is 72.9 Å². The predicted molar refractivity (Wildman–Crippen MR) is 43.8 cm³/mol. The number of carbonyl (C=O) groups is 1. The summed E-state index contributed by atoms with van der Waals surface area (Å²) < 4.78 is 1.31. The molecular weight excluding hydrogens is 172 g/mol. The number of pyridine rings is 1. The summed E-state index contributed by atoms with van der Waals surface area (Å²) in [6.07, 6.45) is 1.27. The number of rotatable bonds is 1. The van der Waals surface area contributed by atoms with Gasteiger partial charge in [-0.15, -0.1) is 0 Å². The number of aromatic nitrogens is 2. The van der Waals surface area contributed by atoms with Crippen molar-refractivity contribution in [3.8, 4) is 5.88 Å². The number of aromatic carboxylic acids is 1. The first-order chi connectivity index (χ1) is 6.20. The van der Waals surface area contributed by atoms with Crippen LogP contribution < -0.4 is 0 Å². The average molecular weight is 178 g/mol. The number of fused-ring (bicyclic) bond motifs is 1. The van der Waals surface area contributed by atoms with Gasteiger partial charge >= 0.3 is 5.97 Å². The summed E-state index contributed by atoms with van der Waals surface area (Å²) in [7, 11) is 0. The first kappa shape index (κ1) is 7.60. The highest BCUT2D eigenvalue weighted by Gasteiger charge is 2.12. The third kappa shape index (κ3) is 1.01. The second kappa shape index (κ2) is 2.48. The molecule has 13 heavy (non-hydrogen) atoms. The molecule has 2 aromatic rings. The topological polar surface area (TPSA) is 74.8 Å². The van der Waals surface area contributed by atoms with Crippen molar-refractivity contribution in [3.05, 3.63) is 30.2 Å². The van der Waals surface area contributed by atoms with Crippen LogP contribution in [-0.4, -0.2) is 25.6 Å². The monoisotopic (exact) mass is 178 g/mol. The van der Waals surface area contributed by atoms with Crippen molar-refractivity contribution in [2.75, 3.05) is 0 Å². The van der Waals surface area contributed by atoms with Crippen LogP contribution >= 0.6 is 0 Å². The van der Waals surface area contributed by atoms with Gasteiger partial charge in [0.2, 0.25) is 0 Å². The Morgan fingerprint density at radius 2 is 2.23 bits per heavy atom. The molecule has 0 aliphatic rings. The van der Waals surface area contributed by atoms with Crippen LogP contribution in [0.3, 0.4) is 0 Å². The molecule has 2 aromatic heterocycles. The van der Waals surface area contributed by atoms with Gasteiger partial charge in [0, 0.05) is 0 Å². The van der Waals surface area contributed by atoms with E-state index in [0.717, 1.165) is 0 Å². The fourth-order valence-corrected chi connectivity index (χ4v) is 1.17. The molecule has 0 amide bonds. The lowest BCUT2D eigenvalue weighted by molar-refractivity contribution is 0.0693. The first-order valence-corrected chi connectivity index (χ1v) is 3.58. The van der Waals surface area contributed by atoms with E-state index in [-0.39, 0.29) is 11.6 Å². The number of carboxylic acid groups (broad SMARTS) is 1. The number of imidazole rings is 1. The molecule has 2 rings (SSSR count). The van der Waals surface area contributed by atoms with Crippen molar-refractivity contribution in [1.29, 1.82) is 0 Å². The molecule has 0 spiro atoms. The minimum absolute atomic E-state index is 0.0301. The highest BCUT2D eigenvalue weighted by molar-refractivity contribution is 5.93. The fraction of sp³-hybridized carbons (Fsp3) is 0. The van der Waals surface area contributed by atoms with Crippen LogP contribution in [0.1, 0.15) is 10.5 Å². The van der Waals surface area contributed by atoms with E-state index in [9.17, 15) is 9.90 Å². The van der Waals surface area contributed by atoms with E-state index in [0.29, 0.717) is 5.52 Å². The SMILES string of the molecule is O=C(O)c1ncn2c(O)cccc12. The Balaban J connectivity index is 2.83. The fourth-order valence-electron chi connectivity index (χ4n) is 1.17. The molecular formula is C8H6N2O3. The van der Waals surface area contributed by atoms with Gasteiger partial charge in [-0.1, -0.05) is 6.07 Å². The molecule has 2 heterocycles. The molecule has 0 aliphatic carbocycles. The molecule has 0 radical (unpaired) electrons. The smallest absolute Gasteiger partial charge is 0.356 e. The molecule has 0 bridgehead atoms. The molecule has 0 atom stereocenters. The summed E-state index contributed by atoms with van der Waals surface area (Å²) in [6.45, 7) is 0. The van der Waals surface area contributed by atoms with Gasteiger partial charge < -0.3 is 10.2 Å². The lowest BCUT2D eigenvalue weighted by atomic mass is 10.3. The van der Waals surface area contributed by atoms with Gasteiger partial charge in [0.25, 0.3) is 0 Å². The Hall–Kier alpha value is -2.04. The van der Waals surface area contributed by atoms with Gasteiger partial charge in [-0.2, -0.15) is 0 Å². The summed E-state index contributed by atoms with van der Waals surface area (Å²) in [6, 6.07) is 4.61. The van der Waals surface area contributed by atoms with E-state index in [2.05, 4.69) is 4.98 Å². The maximum Gasteiger partial charge on any atom is 0.356 e. The summed E-state index contributed by atoms with van der Waals surface area (Å²) in [4.78, 5) is 14.3. The second-order valence-electron chi connectivity index (χ2n) is 2.54. The van der Waals surface area contributed by atoms with Crippen molar-refractivity contribution in [1.82, 2.24) is 9.38 Å². The lowest BCUT2D eigenvalue weighted by Crippen LogP contribution is -1.97.